The van der Waals surface area contributed by atoms with Crippen molar-refractivity contribution in [3.05, 3.63) is 45.4 Å². The fourth-order valence-corrected chi connectivity index (χ4v) is 4.37. The van der Waals surface area contributed by atoms with Gasteiger partial charge in [0, 0.05) is 9.50 Å². The number of nitrogens with one attached hydrogen (secondary N) is 2. The number of ether oxygens (including phenoxy) is 1. The van der Waals surface area contributed by atoms with E-state index in [1.54, 1.807) is 18.2 Å². The molecule has 1 aliphatic heterocycles. The van der Waals surface area contributed by atoms with Crippen LogP contribution < -0.4 is 14.8 Å². The van der Waals surface area contributed by atoms with E-state index >= 15 is 0 Å². The van der Waals surface area contributed by atoms with Crippen LogP contribution in [0, 0.1) is 6.92 Å². The van der Waals surface area contributed by atoms with Crippen molar-refractivity contribution in [2.45, 2.75) is 18.2 Å². The zero-order valence-corrected chi connectivity index (χ0v) is 16.3. The molecule has 2 aromatic rings. The zero-order valence-electron chi connectivity index (χ0n) is 13.1. The van der Waals surface area contributed by atoms with Gasteiger partial charge in [0.05, 0.1) is 24.4 Å². The molecule has 6 nitrogen and oxygen atoms in total. The minimum atomic E-state index is -3.96. The second kappa shape index (κ2) is 6.86. The van der Waals surface area contributed by atoms with Gasteiger partial charge in [-0.15, -0.1) is 0 Å². The lowest BCUT2D eigenvalue weighted by molar-refractivity contribution is -0.116. The van der Waals surface area contributed by atoms with Crippen LogP contribution in [0.4, 0.5) is 11.4 Å². The molecule has 0 radical (unpaired) electrons. The summed E-state index contributed by atoms with van der Waals surface area (Å²) >= 11 is 9.32. The van der Waals surface area contributed by atoms with E-state index in [0.29, 0.717) is 20.9 Å². The molecule has 0 saturated carbocycles. The Bertz CT molecular complexity index is 963. The highest BCUT2D eigenvalue weighted by Crippen LogP contribution is 2.38. The highest BCUT2D eigenvalue weighted by atomic mass is 79.9. The number of sulfonamides is 1. The van der Waals surface area contributed by atoms with Crippen LogP contribution in [0.3, 0.4) is 0 Å². The summed E-state index contributed by atoms with van der Waals surface area (Å²) in [5, 5.41) is 3.10. The summed E-state index contributed by atoms with van der Waals surface area (Å²) in [5.41, 5.74) is 1.48. The number of rotatable bonds is 3. The number of aryl methyl sites for hydroxylation is 1. The van der Waals surface area contributed by atoms with E-state index in [1.165, 1.54) is 12.1 Å². The minimum absolute atomic E-state index is 0.0734. The Balaban J connectivity index is 2.05. The molecule has 0 bridgehead atoms. The molecule has 2 aromatic carbocycles. The molecule has 3 rings (SSSR count). The van der Waals surface area contributed by atoms with Crippen molar-refractivity contribution in [2.75, 3.05) is 16.6 Å². The second-order valence-corrected chi connectivity index (χ2v) is 8.47. The maximum absolute atomic E-state index is 12.8. The summed E-state index contributed by atoms with van der Waals surface area (Å²) in [6, 6.07) is 7.90. The molecule has 1 heterocycles. The maximum atomic E-state index is 12.8. The fourth-order valence-electron chi connectivity index (χ4n) is 2.33. The van der Waals surface area contributed by atoms with Gasteiger partial charge in [0.15, 0.2) is 5.75 Å². The summed E-state index contributed by atoms with van der Waals surface area (Å²) in [4.78, 5) is 11.6. The average molecular weight is 446 g/mol. The van der Waals surface area contributed by atoms with Crippen LogP contribution >= 0.6 is 27.5 Å². The van der Waals surface area contributed by atoms with Gasteiger partial charge in [0.2, 0.25) is 5.91 Å². The van der Waals surface area contributed by atoms with Crippen molar-refractivity contribution in [2.24, 2.45) is 0 Å². The van der Waals surface area contributed by atoms with Gasteiger partial charge in [-0.05, 0) is 36.8 Å². The smallest absolute Gasteiger partial charge is 0.265 e. The van der Waals surface area contributed by atoms with Gasteiger partial charge in [-0.3, -0.25) is 9.52 Å². The molecule has 132 valence electrons. The third-order valence-corrected chi connectivity index (χ3v) is 5.83. The second-order valence-electron chi connectivity index (χ2n) is 5.50. The third kappa shape index (κ3) is 3.91. The Morgan fingerprint density at radius 3 is 2.76 bits per heavy atom. The Labute approximate surface area is 158 Å². The molecule has 25 heavy (non-hydrogen) atoms. The van der Waals surface area contributed by atoms with Crippen molar-refractivity contribution in [3.8, 4) is 5.75 Å². The van der Waals surface area contributed by atoms with Crippen molar-refractivity contribution < 1.29 is 17.9 Å². The van der Waals surface area contributed by atoms with Crippen LogP contribution in [0.15, 0.2) is 39.7 Å². The molecule has 9 heteroatoms. The van der Waals surface area contributed by atoms with E-state index < -0.39 is 10.0 Å². The van der Waals surface area contributed by atoms with Crippen LogP contribution in [0.1, 0.15) is 12.0 Å². The molecule has 0 saturated heterocycles. The Hall–Kier alpha value is -1.77. The number of fused-ring (bicyclic) bond motifs is 1. The van der Waals surface area contributed by atoms with Gasteiger partial charge in [0.25, 0.3) is 10.0 Å². The molecule has 0 aromatic heterocycles. The van der Waals surface area contributed by atoms with Crippen LogP contribution in [0.2, 0.25) is 5.02 Å². The predicted octanol–water partition coefficient (Wildman–Crippen LogP) is 3.93. The molecule has 0 unspecified atom stereocenters. The average Bonchev–Trinajstić information content (AvgIpc) is 2.70. The topological polar surface area (TPSA) is 84.5 Å². The highest BCUT2D eigenvalue weighted by molar-refractivity contribution is 9.10. The van der Waals surface area contributed by atoms with E-state index in [1.807, 2.05) is 6.92 Å². The molecular formula is C16H14BrClN2O4S. The molecule has 2 N–H and O–H groups in total. The Morgan fingerprint density at radius 2 is 2.04 bits per heavy atom. The first kappa shape index (κ1) is 18.0. The van der Waals surface area contributed by atoms with Crippen LogP contribution in [0.25, 0.3) is 0 Å². The van der Waals surface area contributed by atoms with Crippen molar-refractivity contribution in [1.82, 2.24) is 0 Å². The van der Waals surface area contributed by atoms with E-state index in [0.717, 1.165) is 5.56 Å². The molecule has 0 aliphatic carbocycles. The Kier molecular flexibility index (Phi) is 4.95. The van der Waals surface area contributed by atoms with Gasteiger partial charge < -0.3 is 10.1 Å². The summed E-state index contributed by atoms with van der Waals surface area (Å²) in [5.74, 6) is -0.127. The summed E-state index contributed by atoms with van der Waals surface area (Å²) in [7, 11) is -3.96. The largest absolute Gasteiger partial charge is 0.489 e. The third-order valence-electron chi connectivity index (χ3n) is 3.58. The number of carbonyl (C=O) groups is 1. The van der Waals surface area contributed by atoms with Crippen LogP contribution in [-0.4, -0.2) is 20.9 Å². The van der Waals surface area contributed by atoms with E-state index in [2.05, 4.69) is 26.0 Å². The van der Waals surface area contributed by atoms with Gasteiger partial charge in [-0.2, -0.15) is 0 Å². The first-order chi connectivity index (χ1) is 11.8. The molecular weight excluding hydrogens is 432 g/mol. The van der Waals surface area contributed by atoms with E-state index in [-0.39, 0.29) is 29.6 Å². The number of hydrogen-bond donors (Lipinski definition) is 2. The zero-order chi connectivity index (χ0) is 18.2. The number of carbonyl (C=O) groups excluding carboxylic acids is 1. The van der Waals surface area contributed by atoms with Crippen molar-refractivity contribution in [3.63, 3.8) is 0 Å². The maximum Gasteiger partial charge on any atom is 0.265 e. The van der Waals surface area contributed by atoms with E-state index in [4.69, 9.17) is 16.3 Å². The summed E-state index contributed by atoms with van der Waals surface area (Å²) < 4.78 is 34.2. The van der Waals surface area contributed by atoms with Crippen molar-refractivity contribution in [1.29, 1.82) is 0 Å². The summed E-state index contributed by atoms with van der Waals surface area (Å²) in [6.07, 6.45) is 0.146. The molecule has 0 atom stereocenters. The molecule has 1 amide bonds. The lowest BCUT2D eigenvalue weighted by Gasteiger charge is -2.15. The minimum Gasteiger partial charge on any atom is -0.489 e. The predicted molar refractivity (Wildman–Crippen MR) is 99.9 cm³/mol. The first-order valence-electron chi connectivity index (χ1n) is 7.31. The van der Waals surface area contributed by atoms with Crippen LogP contribution in [-0.2, 0) is 14.8 Å². The number of anilines is 2. The first-order valence-corrected chi connectivity index (χ1v) is 9.97. The number of halogens is 2. The molecule has 0 spiro atoms. The number of hydrogen-bond acceptors (Lipinski definition) is 4. The SMILES string of the molecule is Cc1ccc(NS(=O)(=O)c2cc(Br)cc3c2OCCC(=O)N3)cc1Cl. The normalized spacial score (nSPS) is 14.1. The molecule has 0 fully saturated rings. The van der Waals surface area contributed by atoms with Gasteiger partial charge in [-0.25, -0.2) is 8.42 Å². The number of benzene rings is 2. The highest BCUT2D eigenvalue weighted by Gasteiger charge is 2.26. The van der Waals surface area contributed by atoms with Crippen LogP contribution in [0.5, 0.6) is 5.75 Å². The summed E-state index contributed by atoms with van der Waals surface area (Å²) in [6.45, 7) is 1.92. The quantitative estimate of drug-likeness (QED) is 0.749. The monoisotopic (exact) mass is 444 g/mol. The Morgan fingerprint density at radius 1 is 1.28 bits per heavy atom. The van der Waals surface area contributed by atoms with Gasteiger partial charge in [0.1, 0.15) is 4.90 Å². The van der Waals surface area contributed by atoms with Gasteiger partial charge >= 0.3 is 0 Å². The molecule has 1 aliphatic rings. The van der Waals surface area contributed by atoms with E-state index in [9.17, 15) is 13.2 Å². The fraction of sp³-hybridized carbons (Fsp3) is 0.188. The lowest BCUT2D eigenvalue weighted by Crippen LogP contribution is -2.15. The van der Waals surface area contributed by atoms with Gasteiger partial charge in [-0.1, -0.05) is 33.6 Å². The standard InChI is InChI=1S/C16H14BrClN2O4S/c1-9-2-3-11(8-12(9)18)20-25(22,23)14-7-10(17)6-13-16(14)24-5-4-15(21)19-13/h2-3,6-8,20H,4-5H2,1H3,(H,19,21). The lowest BCUT2D eigenvalue weighted by atomic mass is 10.2. The van der Waals surface area contributed by atoms with Crippen molar-refractivity contribution >= 4 is 54.8 Å². The number of amides is 1.